The van der Waals surface area contributed by atoms with E-state index < -0.39 is 0 Å². The molecule has 5 nitrogen and oxygen atoms in total. The summed E-state index contributed by atoms with van der Waals surface area (Å²) in [7, 11) is 1.93. The van der Waals surface area contributed by atoms with Crippen molar-refractivity contribution in [3.63, 3.8) is 0 Å². The summed E-state index contributed by atoms with van der Waals surface area (Å²) in [6.45, 7) is 0.734. The van der Waals surface area contributed by atoms with E-state index in [0.717, 1.165) is 24.1 Å². The van der Waals surface area contributed by atoms with Crippen LogP contribution in [0.3, 0.4) is 0 Å². The first-order chi connectivity index (χ1) is 9.20. The standard InChI is InChI=1S/C14H19N3O2/c1-17(8-9-18)13-6-2-11(3-7-13)10-15-16-14(19)12-4-5-12/h2-3,6-7,10,12,18H,4-5,8-9H2,1H3,(H,16,19). The number of carbonyl (C=O) groups is 1. The zero-order valence-electron chi connectivity index (χ0n) is 11.0. The van der Waals surface area contributed by atoms with Crippen molar-refractivity contribution in [2.45, 2.75) is 12.8 Å². The van der Waals surface area contributed by atoms with Crippen molar-refractivity contribution in [2.75, 3.05) is 25.1 Å². The maximum absolute atomic E-state index is 11.4. The number of rotatable bonds is 6. The molecule has 0 atom stereocenters. The number of hydrogen-bond acceptors (Lipinski definition) is 4. The van der Waals surface area contributed by atoms with Gasteiger partial charge in [0.2, 0.25) is 5.91 Å². The minimum Gasteiger partial charge on any atom is -0.395 e. The number of hydrogen-bond donors (Lipinski definition) is 2. The maximum atomic E-state index is 11.4. The van der Waals surface area contributed by atoms with Gasteiger partial charge in [-0.2, -0.15) is 5.10 Å². The second-order valence-corrected chi connectivity index (χ2v) is 4.75. The van der Waals surface area contributed by atoms with Gasteiger partial charge in [0.15, 0.2) is 0 Å². The summed E-state index contributed by atoms with van der Waals surface area (Å²) < 4.78 is 0. The molecule has 0 saturated heterocycles. The van der Waals surface area contributed by atoms with Crippen LogP contribution in [0.1, 0.15) is 18.4 Å². The Morgan fingerprint density at radius 3 is 2.74 bits per heavy atom. The van der Waals surface area contributed by atoms with E-state index in [1.54, 1.807) is 6.21 Å². The Bertz CT molecular complexity index is 452. The second-order valence-electron chi connectivity index (χ2n) is 4.75. The quantitative estimate of drug-likeness (QED) is 0.592. The first-order valence-corrected chi connectivity index (χ1v) is 6.45. The molecule has 102 valence electrons. The molecule has 2 rings (SSSR count). The highest BCUT2D eigenvalue weighted by atomic mass is 16.3. The van der Waals surface area contributed by atoms with Gasteiger partial charge in [0, 0.05) is 25.2 Å². The normalized spacial score (nSPS) is 14.6. The third-order valence-corrected chi connectivity index (χ3v) is 3.11. The number of aliphatic hydroxyl groups is 1. The smallest absolute Gasteiger partial charge is 0.243 e. The van der Waals surface area contributed by atoms with Crippen molar-refractivity contribution in [2.24, 2.45) is 11.0 Å². The maximum Gasteiger partial charge on any atom is 0.243 e. The van der Waals surface area contributed by atoms with Gasteiger partial charge in [0.05, 0.1) is 12.8 Å². The molecule has 5 heteroatoms. The lowest BCUT2D eigenvalue weighted by Crippen LogP contribution is -2.21. The lowest BCUT2D eigenvalue weighted by atomic mass is 10.2. The molecule has 1 fully saturated rings. The molecule has 0 heterocycles. The first kappa shape index (κ1) is 13.5. The highest BCUT2D eigenvalue weighted by molar-refractivity contribution is 5.84. The van der Waals surface area contributed by atoms with Crippen LogP contribution in [0.5, 0.6) is 0 Å². The zero-order chi connectivity index (χ0) is 13.7. The third kappa shape index (κ3) is 4.06. The predicted octanol–water partition coefficient (Wildman–Crippen LogP) is 0.975. The molecule has 0 aromatic heterocycles. The number of anilines is 1. The van der Waals surface area contributed by atoms with Gasteiger partial charge in [-0.1, -0.05) is 12.1 Å². The highest BCUT2D eigenvalue weighted by Crippen LogP contribution is 2.28. The van der Waals surface area contributed by atoms with Gasteiger partial charge in [0.1, 0.15) is 0 Å². The highest BCUT2D eigenvalue weighted by Gasteiger charge is 2.29. The van der Waals surface area contributed by atoms with Crippen LogP contribution in [0.2, 0.25) is 0 Å². The summed E-state index contributed by atoms with van der Waals surface area (Å²) in [5.41, 5.74) is 4.50. The monoisotopic (exact) mass is 261 g/mol. The van der Waals surface area contributed by atoms with Crippen molar-refractivity contribution >= 4 is 17.8 Å². The molecule has 1 saturated carbocycles. The van der Waals surface area contributed by atoms with Crippen LogP contribution in [-0.2, 0) is 4.79 Å². The van der Waals surface area contributed by atoms with E-state index in [4.69, 9.17) is 5.11 Å². The molecule has 2 N–H and O–H groups in total. The number of aliphatic hydroxyl groups excluding tert-OH is 1. The number of carbonyl (C=O) groups excluding carboxylic acids is 1. The van der Waals surface area contributed by atoms with Crippen LogP contribution in [0.4, 0.5) is 5.69 Å². The van der Waals surface area contributed by atoms with Crippen LogP contribution in [0, 0.1) is 5.92 Å². The van der Waals surface area contributed by atoms with Crippen LogP contribution in [0.25, 0.3) is 0 Å². The molecule has 1 aliphatic rings. The fraction of sp³-hybridized carbons (Fsp3) is 0.429. The fourth-order valence-corrected chi connectivity index (χ4v) is 1.70. The lowest BCUT2D eigenvalue weighted by molar-refractivity contribution is -0.122. The van der Waals surface area contributed by atoms with Crippen molar-refractivity contribution in [1.29, 1.82) is 0 Å². The van der Waals surface area contributed by atoms with E-state index in [1.807, 2.05) is 36.2 Å². The Labute approximate surface area is 112 Å². The van der Waals surface area contributed by atoms with Gasteiger partial charge in [-0.3, -0.25) is 4.79 Å². The molecule has 0 bridgehead atoms. The summed E-state index contributed by atoms with van der Waals surface area (Å²) in [5.74, 6) is 0.183. The predicted molar refractivity (Wildman–Crippen MR) is 75.3 cm³/mol. The van der Waals surface area contributed by atoms with Crippen LogP contribution < -0.4 is 10.3 Å². The number of likely N-dealkylation sites (N-methyl/N-ethyl adjacent to an activating group) is 1. The van der Waals surface area contributed by atoms with Gasteiger partial charge in [-0.15, -0.1) is 0 Å². The molecule has 0 unspecified atom stereocenters. The largest absolute Gasteiger partial charge is 0.395 e. The summed E-state index contributed by atoms with van der Waals surface area (Å²) in [6.07, 6.45) is 3.59. The molecule has 1 amide bonds. The Balaban J connectivity index is 1.87. The van der Waals surface area contributed by atoms with Gasteiger partial charge in [0.25, 0.3) is 0 Å². The van der Waals surface area contributed by atoms with E-state index in [1.165, 1.54) is 0 Å². The summed E-state index contributed by atoms with van der Waals surface area (Å²) >= 11 is 0. The lowest BCUT2D eigenvalue weighted by Gasteiger charge is -2.17. The van der Waals surface area contributed by atoms with Gasteiger partial charge in [-0.25, -0.2) is 5.43 Å². The van der Waals surface area contributed by atoms with E-state index in [-0.39, 0.29) is 18.4 Å². The van der Waals surface area contributed by atoms with Gasteiger partial charge >= 0.3 is 0 Å². The van der Waals surface area contributed by atoms with Crippen molar-refractivity contribution in [1.82, 2.24) is 5.43 Å². The van der Waals surface area contributed by atoms with Crippen molar-refractivity contribution in [3.8, 4) is 0 Å². The SMILES string of the molecule is CN(CCO)c1ccc(C=NNC(=O)C2CC2)cc1. The number of nitrogens with zero attached hydrogens (tertiary/aromatic N) is 2. The van der Waals surface area contributed by atoms with Crippen LogP contribution in [0.15, 0.2) is 29.4 Å². The second kappa shape index (κ2) is 6.33. The van der Waals surface area contributed by atoms with E-state index in [0.29, 0.717) is 6.54 Å². The Kier molecular flexibility index (Phi) is 4.52. The van der Waals surface area contributed by atoms with E-state index >= 15 is 0 Å². The van der Waals surface area contributed by atoms with E-state index in [2.05, 4.69) is 10.5 Å². The minimum atomic E-state index is 0.00977. The zero-order valence-corrected chi connectivity index (χ0v) is 11.0. The average Bonchev–Trinajstić information content (AvgIpc) is 3.24. The number of benzene rings is 1. The molecule has 19 heavy (non-hydrogen) atoms. The molecule has 1 aromatic carbocycles. The van der Waals surface area contributed by atoms with Crippen LogP contribution >= 0.6 is 0 Å². The number of hydrazone groups is 1. The van der Waals surface area contributed by atoms with Gasteiger partial charge in [-0.05, 0) is 30.5 Å². The molecule has 0 radical (unpaired) electrons. The number of nitrogens with one attached hydrogen (secondary N) is 1. The van der Waals surface area contributed by atoms with Crippen molar-refractivity contribution < 1.29 is 9.90 Å². The minimum absolute atomic E-state index is 0.00977. The molecular weight excluding hydrogens is 242 g/mol. The van der Waals surface area contributed by atoms with E-state index in [9.17, 15) is 4.79 Å². The molecule has 0 spiro atoms. The summed E-state index contributed by atoms with van der Waals surface area (Å²) in [6, 6.07) is 7.77. The summed E-state index contributed by atoms with van der Waals surface area (Å²) in [4.78, 5) is 13.3. The third-order valence-electron chi connectivity index (χ3n) is 3.11. The van der Waals surface area contributed by atoms with Crippen molar-refractivity contribution in [3.05, 3.63) is 29.8 Å². The number of amides is 1. The molecule has 1 aliphatic carbocycles. The topological polar surface area (TPSA) is 64.9 Å². The molecule has 1 aromatic rings. The Morgan fingerprint density at radius 1 is 1.47 bits per heavy atom. The summed E-state index contributed by atoms with van der Waals surface area (Å²) in [5, 5.41) is 12.8. The fourth-order valence-electron chi connectivity index (χ4n) is 1.70. The first-order valence-electron chi connectivity index (χ1n) is 6.45. The molecular formula is C14H19N3O2. The molecule has 0 aliphatic heterocycles. The van der Waals surface area contributed by atoms with Gasteiger partial charge < -0.3 is 10.0 Å². The Morgan fingerprint density at radius 2 is 2.16 bits per heavy atom. The average molecular weight is 261 g/mol. The van der Waals surface area contributed by atoms with Crippen LogP contribution in [-0.4, -0.2) is 37.4 Å². The Hall–Kier alpha value is -1.88.